The Morgan fingerprint density at radius 1 is 1.25 bits per heavy atom. The number of nitrogens with one attached hydrogen (secondary N) is 2. The van der Waals surface area contributed by atoms with E-state index in [1.165, 1.54) is 6.92 Å². The van der Waals surface area contributed by atoms with Crippen molar-refractivity contribution in [2.24, 2.45) is 0 Å². The molecule has 0 aliphatic heterocycles. The lowest BCUT2D eigenvalue weighted by atomic mass is 10.2. The fourth-order valence-electron chi connectivity index (χ4n) is 1.70. The maximum Gasteiger partial charge on any atom is 0.313 e. The molecule has 1 aromatic heterocycles. The number of rotatable bonds is 3. The van der Waals surface area contributed by atoms with Crippen molar-refractivity contribution in [2.75, 3.05) is 11.9 Å². The molecule has 2 amide bonds. The van der Waals surface area contributed by atoms with Crippen molar-refractivity contribution < 1.29 is 14.7 Å². The molecule has 1 unspecified atom stereocenters. The zero-order valence-corrected chi connectivity index (χ0v) is 11.0. The fourth-order valence-corrected chi connectivity index (χ4v) is 1.70. The summed E-state index contributed by atoms with van der Waals surface area (Å²) >= 11 is 0. The van der Waals surface area contributed by atoms with Crippen LogP contribution in [0.25, 0.3) is 10.9 Å². The zero-order valence-electron chi connectivity index (χ0n) is 11.0. The quantitative estimate of drug-likeness (QED) is 0.717. The number of aliphatic hydroxyl groups excluding tert-OH is 1. The second-order valence-corrected chi connectivity index (χ2v) is 4.39. The van der Waals surface area contributed by atoms with Gasteiger partial charge in [-0.15, -0.1) is 0 Å². The molecule has 0 aliphatic rings. The van der Waals surface area contributed by atoms with Crippen molar-refractivity contribution in [3.05, 3.63) is 36.5 Å². The van der Waals surface area contributed by atoms with E-state index in [2.05, 4.69) is 15.6 Å². The van der Waals surface area contributed by atoms with E-state index in [9.17, 15) is 9.59 Å². The summed E-state index contributed by atoms with van der Waals surface area (Å²) in [4.78, 5) is 27.5. The fraction of sp³-hybridized carbons (Fsp3) is 0.214. The summed E-state index contributed by atoms with van der Waals surface area (Å²) in [5.41, 5.74) is 1.09. The maximum atomic E-state index is 11.7. The number of carbonyl (C=O) groups excluding carboxylic acids is 2. The second kappa shape index (κ2) is 6.12. The summed E-state index contributed by atoms with van der Waals surface area (Å²) < 4.78 is 0. The predicted molar refractivity (Wildman–Crippen MR) is 75.1 cm³/mol. The summed E-state index contributed by atoms with van der Waals surface area (Å²) in [6, 6.07) is 8.97. The van der Waals surface area contributed by atoms with Crippen LogP contribution in [0, 0.1) is 0 Å². The van der Waals surface area contributed by atoms with Gasteiger partial charge in [-0.05, 0) is 19.1 Å². The summed E-state index contributed by atoms with van der Waals surface area (Å²) in [7, 11) is 0. The number of nitrogens with zero attached hydrogens (tertiary/aromatic N) is 1. The predicted octanol–water partition coefficient (Wildman–Crippen LogP) is 0.670. The number of anilines is 1. The topological polar surface area (TPSA) is 91.3 Å². The molecule has 2 aromatic rings. The van der Waals surface area contributed by atoms with Gasteiger partial charge < -0.3 is 15.7 Å². The van der Waals surface area contributed by atoms with Crippen LogP contribution in [0.2, 0.25) is 0 Å². The summed E-state index contributed by atoms with van der Waals surface area (Å²) in [5, 5.41) is 14.8. The molecule has 0 fully saturated rings. The lowest BCUT2D eigenvalue weighted by molar-refractivity contribution is -0.136. The van der Waals surface area contributed by atoms with Gasteiger partial charge in [0.2, 0.25) is 0 Å². The molecule has 6 nitrogen and oxygen atoms in total. The van der Waals surface area contributed by atoms with Crippen molar-refractivity contribution in [2.45, 2.75) is 13.0 Å². The number of amides is 2. The third kappa shape index (κ3) is 3.30. The summed E-state index contributed by atoms with van der Waals surface area (Å²) in [6.07, 6.45) is 0.914. The van der Waals surface area contributed by atoms with E-state index in [1.54, 1.807) is 24.4 Å². The number of aliphatic hydroxyl groups is 1. The Hall–Kier alpha value is -2.47. The number of hydrogen-bond donors (Lipinski definition) is 3. The minimum absolute atomic E-state index is 0.0278. The van der Waals surface area contributed by atoms with Crippen LogP contribution in [0.5, 0.6) is 0 Å². The Labute approximate surface area is 115 Å². The molecule has 3 N–H and O–H groups in total. The van der Waals surface area contributed by atoms with Gasteiger partial charge >= 0.3 is 11.8 Å². The van der Waals surface area contributed by atoms with Crippen molar-refractivity contribution in [1.82, 2.24) is 10.3 Å². The highest BCUT2D eigenvalue weighted by molar-refractivity contribution is 6.40. The van der Waals surface area contributed by atoms with Gasteiger partial charge in [0.15, 0.2) is 0 Å². The van der Waals surface area contributed by atoms with Gasteiger partial charge in [-0.3, -0.25) is 14.6 Å². The summed E-state index contributed by atoms with van der Waals surface area (Å²) in [6.45, 7) is 1.55. The normalized spacial score (nSPS) is 11.9. The molecule has 6 heteroatoms. The minimum atomic E-state index is -0.793. The molecular weight excluding hydrogens is 258 g/mol. The monoisotopic (exact) mass is 273 g/mol. The average molecular weight is 273 g/mol. The van der Waals surface area contributed by atoms with Crippen molar-refractivity contribution >= 4 is 28.4 Å². The molecule has 0 aliphatic carbocycles. The van der Waals surface area contributed by atoms with Gasteiger partial charge in [-0.1, -0.05) is 18.2 Å². The first kappa shape index (κ1) is 14.0. The van der Waals surface area contributed by atoms with E-state index in [0.29, 0.717) is 11.2 Å². The Morgan fingerprint density at radius 2 is 2.00 bits per heavy atom. The van der Waals surface area contributed by atoms with Crippen molar-refractivity contribution in [3.8, 4) is 0 Å². The van der Waals surface area contributed by atoms with Gasteiger partial charge in [0, 0.05) is 18.1 Å². The first-order valence-electron chi connectivity index (χ1n) is 6.19. The zero-order chi connectivity index (χ0) is 14.5. The number of aromatic nitrogens is 1. The third-order valence-electron chi connectivity index (χ3n) is 2.65. The Kier molecular flexibility index (Phi) is 4.27. The first-order valence-corrected chi connectivity index (χ1v) is 6.19. The second-order valence-electron chi connectivity index (χ2n) is 4.39. The molecule has 0 saturated heterocycles. The standard InChI is InChI=1S/C14H15N3O3/c1-9(18)8-16-13(19)14(20)17-11-6-2-4-10-5-3-7-15-12(10)11/h2-7,9,18H,8H2,1H3,(H,16,19)(H,17,20). The number of hydrogen-bond acceptors (Lipinski definition) is 4. The highest BCUT2D eigenvalue weighted by Crippen LogP contribution is 2.20. The van der Waals surface area contributed by atoms with Crippen LogP contribution in [-0.4, -0.2) is 34.6 Å². The average Bonchev–Trinajstić information content (AvgIpc) is 2.45. The molecule has 0 radical (unpaired) electrons. The van der Waals surface area contributed by atoms with Crippen molar-refractivity contribution in [3.63, 3.8) is 0 Å². The third-order valence-corrected chi connectivity index (χ3v) is 2.65. The lowest BCUT2D eigenvalue weighted by Crippen LogP contribution is -2.38. The van der Waals surface area contributed by atoms with E-state index in [-0.39, 0.29) is 6.54 Å². The molecule has 2 rings (SSSR count). The smallest absolute Gasteiger partial charge is 0.313 e. The van der Waals surface area contributed by atoms with Gasteiger partial charge in [0.05, 0.1) is 17.3 Å². The van der Waals surface area contributed by atoms with Crippen LogP contribution < -0.4 is 10.6 Å². The first-order chi connectivity index (χ1) is 9.58. The minimum Gasteiger partial charge on any atom is -0.392 e. The van der Waals surface area contributed by atoms with E-state index >= 15 is 0 Å². The van der Waals surface area contributed by atoms with Gasteiger partial charge in [0.1, 0.15) is 0 Å². The lowest BCUT2D eigenvalue weighted by Gasteiger charge is -2.09. The molecule has 0 saturated carbocycles. The summed E-state index contributed by atoms with van der Waals surface area (Å²) in [5.74, 6) is -1.58. The molecule has 1 aromatic carbocycles. The number of pyridine rings is 1. The molecule has 0 spiro atoms. The van der Waals surface area contributed by atoms with E-state index in [1.807, 2.05) is 12.1 Å². The van der Waals surface area contributed by atoms with Crippen LogP contribution in [0.3, 0.4) is 0 Å². The van der Waals surface area contributed by atoms with Crippen LogP contribution in [-0.2, 0) is 9.59 Å². The Balaban J connectivity index is 2.12. The molecular formula is C14H15N3O3. The Bertz CT molecular complexity index is 635. The number of para-hydroxylation sites is 1. The maximum absolute atomic E-state index is 11.7. The van der Waals surface area contributed by atoms with Crippen LogP contribution in [0.15, 0.2) is 36.5 Å². The number of benzene rings is 1. The van der Waals surface area contributed by atoms with Crippen molar-refractivity contribution in [1.29, 1.82) is 0 Å². The van der Waals surface area contributed by atoms with Crippen LogP contribution in [0.4, 0.5) is 5.69 Å². The largest absolute Gasteiger partial charge is 0.392 e. The van der Waals surface area contributed by atoms with Crippen LogP contribution in [0.1, 0.15) is 6.92 Å². The van der Waals surface area contributed by atoms with Gasteiger partial charge in [-0.25, -0.2) is 0 Å². The van der Waals surface area contributed by atoms with Gasteiger partial charge in [0.25, 0.3) is 0 Å². The number of fused-ring (bicyclic) bond motifs is 1. The molecule has 0 bridgehead atoms. The molecule has 104 valence electrons. The number of carbonyl (C=O) groups is 2. The van der Waals surface area contributed by atoms with E-state index < -0.39 is 17.9 Å². The van der Waals surface area contributed by atoms with Gasteiger partial charge in [-0.2, -0.15) is 0 Å². The van der Waals surface area contributed by atoms with E-state index in [0.717, 1.165) is 5.39 Å². The molecule has 1 atom stereocenters. The van der Waals surface area contributed by atoms with Crippen LogP contribution >= 0.6 is 0 Å². The highest BCUT2D eigenvalue weighted by Gasteiger charge is 2.15. The highest BCUT2D eigenvalue weighted by atomic mass is 16.3. The molecule has 1 heterocycles. The Morgan fingerprint density at radius 3 is 2.75 bits per heavy atom. The SMILES string of the molecule is CC(O)CNC(=O)C(=O)Nc1cccc2cccnc12. The molecule has 20 heavy (non-hydrogen) atoms. The van der Waals surface area contributed by atoms with E-state index in [4.69, 9.17) is 5.11 Å².